The molecule has 8 heteroatoms. The second kappa shape index (κ2) is 8.16. The molecule has 1 heterocycles. The average molecular weight is 426 g/mol. The van der Waals surface area contributed by atoms with Gasteiger partial charge in [-0.1, -0.05) is 42.5 Å². The van der Waals surface area contributed by atoms with Gasteiger partial charge in [0.1, 0.15) is 11.6 Å². The zero-order chi connectivity index (χ0) is 21.1. The highest BCUT2D eigenvalue weighted by atomic mass is 32.2. The maximum Gasteiger partial charge on any atom is 0.264 e. The van der Waals surface area contributed by atoms with E-state index < -0.39 is 22.0 Å². The fourth-order valence-electron chi connectivity index (χ4n) is 3.19. The van der Waals surface area contributed by atoms with Crippen molar-refractivity contribution in [1.82, 2.24) is 5.32 Å². The molecule has 0 fully saturated rings. The van der Waals surface area contributed by atoms with Crippen molar-refractivity contribution in [1.29, 1.82) is 0 Å². The lowest BCUT2D eigenvalue weighted by Gasteiger charge is -2.34. The molecule has 0 aliphatic carbocycles. The van der Waals surface area contributed by atoms with Gasteiger partial charge >= 0.3 is 0 Å². The van der Waals surface area contributed by atoms with Crippen molar-refractivity contribution in [2.45, 2.75) is 17.5 Å². The average Bonchev–Trinajstić information content (AvgIpc) is 2.78. The number of nitrogens with one attached hydrogen (secondary N) is 1. The summed E-state index contributed by atoms with van der Waals surface area (Å²) >= 11 is 0. The van der Waals surface area contributed by atoms with Crippen LogP contribution in [0.15, 0.2) is 83.8 Å². The number of ether oxygens (including phenoxy) is 1. The minimum absolute atomic E-state index is 0.132. The van der Waals surface area contributed by atoms with E-state index in [1.165, 1.54) is 28.6 Å². The van der Waals surface area contributed by atoms with E-state index in [9.17, 15) is 17.6 Å². The molecular weight excluding hydrogens is 407 g/mol. The van der Waals surface area contributed by atoms with E-state index in [0.717, 1.165) is 5.56 Å². The van der Waals surface area contributed by atoms with Crippen molar-refractivity contribution in [3.05, 3.63) is 90.2 Å². The van der Waals surface area contributed by atoms with E-state index in [2.05, 4.69) is 5.32 Å². The molecule has 0 spiro atoms. The second-order valence-electron chi connectivity index (χ2n) is 6.77. The number of hydrogen-bond acceptors (Lipinski definition) is 4. The van der Waals surface area contributed by atoms with E-state index in [1.54, 1.807) is 54.6 Å². The topological polar surface area (TPSA) is 75.7 Å². The van der Waals surface area contributed by atoms with Gasteiger partial charge in [-0.3, -0.25) is 9.10 Å². The predicted molar refractivity (Wildman–Crippen MR) is 110 cm³/mol. The summed E-state index contributed by atoms with van der Waals surface area (Å²) in [4.78, 5) is 12.9. The summed E-state index contributed by atoms with van der Waals surface area (Å²) in [6, 6.07) is 20.5. The Bertz CT molecular complexity index is 1150. The molecule has 3 aromatic rings. The third-order valence-corrected chi connectivity index (χ3v) is 6.53. The van der Waals surface area contributed by atoms with Crippen molar-refractivity contribution < 1.29 is 22.3 Å². The number of rotatable bonds is 5. The number of fused-ring (bicyclic) bond motifs is 1. The van der Waals surface area contributed by atoms with Gasteiger partial charge in [0.25, 0.3) is 15.9 Å². The van der Waals surface area contributed by atoms with Crippen LogP contribution >= 0.6 is 0 Å². The number of benzene rings is 3. The Hall–Kier alpha value is -3.39. The fraction of sp³-hybridized carbons (Fsp3) is 0.136. The number of amides is 1. The van der Waals surface area contributed by atoms with Crippen LogP contribution in [0.3, 0.4) is 0 Å². The van der Waals surface area contributed by atoms with Crippen LogP contribution in [0, 0.1) is 5.82 Å². The molecule has 1 amide bonds. The second-order valence-corrected chi connectivity index (χ2v) is 8.63. The molecule has 0 unspecified atom stereocenters. The van der Waals surface area contributed by atoms with E-state index in [0.29, 0.717) is 11.4 Å². The third kappa shape index (κ3) is 3.99. The lowest BCUT2D eigenvalue weighted by molar-refractivity contribution is -0.127. The van der Waals surface area contributed by atoms with Crippen LogP contribution in [-0.4, -0.2) is 27.0 Å². The lowest BCUT2D eigenvalue weighted by Crippen LogP contribution is -2.50. The molecule has 0 radical (unpaired) electrons. The van der Waals surface area contributed by atoms with Crippen LogP contribution in [-0.2, 0) is 21.4 Å². The summed E-state index contributed by atoms with van der Waals surface area (Å²) in [5.41, 5.74) is 1.10. The number of hydrogen-bond donors (Lipinski definition) is 1. The zero-order valence-electron chi connectivity index (χ0n) is 15.9. The number of nitrogens with zero attached hydrogens (tertiary/aromatic N) is 1. The molecule has 1 atom stereocenters. The number of anilines is 1. The minimum atomic E-state index is -3.88. The molecule has 3 aromatic carbocycles. The zero-order valence-corrected chi connectivity index (χ0v) is 16.7. The number of para-hydroxylation sites is 2. The molecule has 0 aromatic heterocycles. The highest BCUT2D eigenvalue weighted by Crippen LogP contribution is 2.36. The molecule has 0 bridgehead atoms. The Balaban J connectivity index is 1.58. The van der Waals surface area contributed by atoms with Crippen LogP contribution in [0.4, 0.5) is 10.1 Å². The molecule has 0 saturated heterocycles. The van der Waals surface area contributed by atoms with Gasteiger partial charge < -0.3 is 10.1 Å². The largest absolute Gasteiger partial charge is 0.476 e. The van der Waals surface area contributed by atoms with E-state index >= 15 is 0 Å². The molecular formula is C22H19FN2O4S. The van der Waals surface area contributed by atoms with Gasteiger partial charge in [-0.25, -0.2) is 12.8 Å². The van der Waals surface area contributed by atoms with Gasteiger partial charge in [-0.05, 0) is 42.0 Å². The van der Waals surface area contributed by atoms with Crippen molar-refractivity contribution in [2.24, 2.45) is 0 Å². The Labute approximate surface area is 174 Å². The summed E-state index contributed by atoms with van der Waals surface area (Å²) in [5.74, 6) is -0.508. The third-order valence-electron chi connectivity index (χ3n) is 4.74. The smallest absolute Gasteiger partial charge is 0.264 e. The first kappa shape index (κ1) is 19.9. The lowest BCUT2D eigenvalue weighted by atomic mass is 10.2. The van der Waals surface area contributed by atoms with Crippen molar-refractivity contribution in [2.75, 3.05) is 10.8 Å². The minimum Gasteiger partial charge on any atom is -0.476 e. The summed E-state index contributed by atoms with van der Waals surface area (Å²) < 4.78 is 46.5. The SMILES string of the molecule is O=C(NCc1ccc(F)cc1)[C@H]1CN(S(=O)(=O)c2ccccc2)c2ccccc2O1. The van der Waals surface area contributed by atoms with Crippen LogP contribution in [0.1, 0.15) is 5.56 Å². The van der Waals surface area contributed by atoms with E-state index in [1.807, 2.05) is 0 Å². The standard InChI is InChI=1S/C22H19FN2O4S/c23-17-12-10-16(11-13-17)14-24-22(26)21-15-25(19-8-4-5-9-20(19)29-21)30(27,28)18-6-2-1-3-7-18/h1-13,21H,14-15H2,(H,24,26)/t21-/m1/s1. The van der Waals surface area contributed by atoms with E-state index in [4.69, 9.17) is 4.74 Å². The number of sulfonamides is 1. The first-order valence-electron chi connectivity index (χ1n) is 9.31. The van der Waals surface area contributed by atoms with Crippen LogP contribution in [0.5, 0.6) is 5.75 Å². The normalized spacial score (nSPS) is 15.8. The van der Waals surface area contributed by atoms with Gasteiger partial charge in [0.15, 0.2) is 6.10 Å². The molecule has 154 valence electrons. The Morgan fingerprint density at radius 3 is 2.40 bits per heavy atom. The van der Waals surface area contributed by atoms with Crippen LogP contribution in [0.25, 0.3) is 0 Å². The van der Waals surface area contributed by atoms with Gasteiger partial charge in [-0.2, -0.15) is 0 Å². The van der Waals surface area contributed by atoms with Gasteiger partial charge in [-0.15, -0.1) is 0 Å². The van der Waals surface area contributed by atoms with Crippen LogP contribution in [0.2, 0.25) is 0 Å². The Morgan fingerprint density at radius 2 is 1.67 bits per heavy atom. The Morgan fingerprint density at radius 1 is 1.00 bits per heavy atom. The van der Waals surface area contributed by atoms with Crippen LogP contribution < -0.4 is 14.4 Å². The molecule has 1 aliphatic rings. The highest BCUT2D eigenvalue weighted by Gasteiger charge is 2.37. The summed E-state index contributed by atoms with van der Waals surface area (Å²) in [7, 11) is -3.88. The fourth-order valence-corrected chi connectivity index (χ4v) is 4.69. The first-order valence-corrected chi connectivity index (χ1v) is 10.7. The molecule has 4 rings (SSSR count). The maximum atomic E-state index is 13.2. The summed E-state index contributed by atoms with van der Waals surface area (Å²) in [5, 5.41) is 2.72. The number of carbonyl (C=O) groups excluding carboxylic acids is 1. The first-order chi connectivity index (χ1) is 14.4. The molecule has 6 nitrogen and oxygen atoms in total. The van der Waals surface area contributed by atoms with Gasteiger partial charge in [0, 0.05) is 6.54 Å². The number of halogens is 1. The quantitative estimate of drug-likeness (QED) is 0.680. The summed E-state index contributed by atoms with van der Waals surface area (Å²) in [6.07, 6.45) is -1.03. The number of carbonyl (C=O) groups is 1. The van der Waals surface area contributed by atoms with Gasteiger partial charge in [0.2, 0.25) is 0 Å². The maximum absolute atomic E-state index is 13.2. The van der Waals surface area contributed by atoms with Crippen molar-refractivity contribution in [3.63, 3.8) is 0 Å². The Kier molecular flexibility index (Phi) is 5.41. The van der Waals surface area contributed by atoms with Gasteiger partial charge in [0.05, 0.1) is 17.1 Å². The molecule has 0 saturated carbocycles. The van der Waals surface area contributed by atoms with Crippen molar-refractivity contribution in [3.8, 4) is 5.75 Å². The monoisotopic (exact) mass is 426 g/mol. The molecule has 30 heavy (non-hydrogen) atoms. The predicted octanol–water partition coefficient (Wildman–Crippen LogP) is 3.10. The van der Waals surface area contributed by atoms with Crippen molar-refractivity contribution >= 4 is 21.6 Å². The molecule has 1 aliphatic heterocycles. The highest BCUT2D eigenvalue weighted by molar-refractivity contribution is 7.92. The molecule has 1 N–H and O–H groups in total. The van der Waals surface area contributed by atoms with E-state index in [-0.39, 0.29) is 23.8 Å². The summed E-state index contributed by atoms with van der Waals surface area (Å²) in [6.45, 7) is 0.00947.